The third-order valence-electron chi connectivity index (χ3n) is 1.37. The fourth-order valence-corrected chi connectivity index (χ4v) is 0.862. The van der Waals surface area contributed by atoms with E-state index in [-0.39, 0.29) is 19.0 Å². The Kier molecular flexibility index (Phi) is 2.13. The van der Waals surface area contributed by atoms with Crippen LogP contribution < -0.4 is 11.1 Å². The van der Waals surface area contributed by atoms with Gasteiger partial charge in [0.05, 0.1) is 0 Å². The number of rotatable bonds is 0. The predicted octanol–water partition coefficient (Wildman–Crippen LogP) is -2.35. The summed E-state index contributed by atoms with van der Waals surface area (Å²) in [5, 5.41) is 13.0. The fraction of sp³-hybridized carbons (Fsp3) is 0.400. The van der Waals surface area contributed by atoms with Crippen molar-refractivity contribution < 1.29 is 14.8 Å². The molecule has 4 N–H and O–H groups in total. The third kappa shape index (κ3) is 1.62. The minimum atomic E-state index is -0.460. The van der Waals surface area contributed by atoms with E-state index in [4.69, 9.17) is 10.9 Å². The summed E-state index contributed by atoms with van der Waals surface area (Å²) in [4.78, 5) is 22.6. The van der Waals surface area contributed by atoms with Crippen LogP contribution in [0, 0.1) is 0 Å². The zero-order valence-corrected chi connectivity index (χ0v) is 6.15. The minimum Gasteiger partial charge on any atom is -0.408 e. The Morgan fingerprint density at radius 2 is 2.00 bits per heavy atom. The summed E-state index contributed by atoms with van der Waals surface area (Å²) < 4.78 is 0. The summed E-state index contributed by atoms with van der Waals surface area (Å²) >= 11 is 0. The van der Waals surface area contributed by atoms with E-state index in [9.17, 15) is 9.59 Å². The summed E-state index contributed by atoms with van der Waals surface area (Å²) in [7, 11) is 0. The number of oxime groups is 1. The molecule has 1 aliphatic heterocycles. The molecular formula is C5H8N4O3. The third-order valence-corrected chi connectivity index (χ3v) is 1.37. The average molecular weight is 172 g/mol. The van der Waals surface area contributed by atoms with E-state index in [2.05, 4.69) is 10.5 Å². The van der Waals surface area contributed by atoms with Crippen molar-refractivity contribution in [2.24, 2.45) is 10.9 Å². The standard InChI is InChI=1S/C5H8N4O3/c6-5(8-12)9-1-3(10)7-4(11)2-9/h12H,1-2H2,(H2,6,8)(H,7,10,11). The number of nitrogens with one attached hydrogen (secondary N) is 1. The molecule has 1 heterocycles. The normalized spacial score (nSPS) is 19.3. The van der Waals surface area contributed by atoms with Crippen LogP contribution in [0.2, 0.25) is 0 Å². The highest BCUT2D eigenvalue weighted by molar-refractivity contribution is 6.02. The van der Waals surface area contributed by atoms with Gasteiger partial charge in [-0.25, -0.2) is 0 Å². The van der Waals surface area contributed by atoms with Crippen molar-refractivity contribution in [2.75, 3.05) is 13.1 Å². The first-order chi connectivity index (χ1) is 5.63. The molecule has 1 aliphatic rings. The molecule has 0 atom stereocenters. The van der Waals surface area contributed by atoms with E-state index in [1.54, 1.807) is 0 Å². The number of hydrogen-bond acceptors (Lipinski definition) is 4. The number of nitrogens with two attached hydrogens (primary N) is 1. The van der Waals surface area contributed by atoms with Crippen molar-refractivity contribution in [3.05, 3.63) is 0 Å². The van der Waals surface area contributed by atoms with Crippen molar-refractivity contribution >= 4 is 17.8 Å². The van der Waals surface area contributed by atoms with Gasteiger partial charge in [-0.2, -0.15) is 0 Å². The number of imide groups is 1. The lowest BCUT2D eigenvalue weighted by atomic mass is 10.3. The Hall–Kier alpha value is -1.79. The van der Waals surface area contributed by atoms with Gasteiger partial charge < -0.3 is 15.8 Å². The van der Waals surface area contributed by atoms with Crippen molar-refractivity contribution in [1.82, 2.24) is 10.2 Å². The quantitative estimate of drug-likeness (QED) is 0.125. The first-order valence-corrected chi connectivity index (χ1v) is 3.18. The first-order valence-electron chi connectivity index (χ1n) is 3.18. The summed E-state index contributed by atoms with van der Waals surface area (Å²) in [6.07, 6.45) is 0. The van der Waals surface area contributed by atoms with E-state index >= 15 is 0 Å². The van der Waals surface area contributed by atoms with E-state index in [1.807, 2.05) is 0 Å². The van der Waals surface area contributed by atoms with Gasteiger partial charge in [0.15, 0.2) is 0 Å². The van der Waals surface area contributed by atoms with Gasteiger partial charge in [-0.1, -0.05) is 5.16 Å². The van der Waals surface area contributed by atoms with Crippen molar-refractivity contribution in [3.8, 4) is 0 Å². The lowest BCUT2D eigenvalue weighted by Crippen LogP contribution is -2.55. The van der Waals surface area contributed by atoms with Gasteiger partial charge in [0.1, 0.15) is 13.1 Å². The van der Waals surface area contributed by atoms with Gasteiger partial charge >= 0.3 is 0 Å². The molecule has 12 heavy (non-hydrogen) atoms. The van der Waals surface area contributed by atoms with Gasteiger partial charge in [0, 0.05) is 0 Å². The summed E-state index contributed by atoms with van der Waals surface area (Å²) in [5.41, 5.74) is 5.17. The van der Waals surface area contributed by atoms with Crippen LogP contribution in [-0.4, -0.2) is 41.0 Å². The summed E-state index contributed by atoms with van der Waals surface area (Å²) in [5.74, 6) is -1.16. The number of piperazine rings is 1. The molecule has 66 valence electrons. The van der Waals surface area contributed by atoms with Crippen molar-refractivity contribution in [2.45, 2.75) is 0 Å². The highest BCUT2D eigenvalue weighted by Crippen LogP contribution is 1.93. The average Bonchev–Trinajstić information content (AvgIpc) is 2.01. The fourth-order valence-electron chi connectivity index (χ4n) is 0.862. The van der Waals surface area contributed by atoms with E-state index in [1.165, 1.54) is 4.90 Å². The van der Waals surface area contributed by atoms with Crippen molar-refractivity contribution in [3.63, 3.8) is 0 Å². The number of hydrogen-bond donors (Lipinski definition) is 3. The monoisotopic (exact) mass is 172 g/mol. The second-order valence-corrected chi connectivity index (χ2v) is 2.29. The molecule has 0 aromatic carbocycles. The van der Waals surface area contributed by atoms with E-state index in [0.717, 1.165) is 0 Å². The van der Waals surface area contributed by atoms with Gasteiger partial charge in [0.2, 0.25) is 17.8 Å². The molecule has 1 fully saturated rings. The second kappa shape index (κ2) is 3.07. The largest absolute Gasteiger partial charge is 0.408 e. The zero-order chi connectivity index (χ0) is 9.14. The Morgan fingerprint density at radius 1 is 1.50 bits per heavy atom. The minimum absolute atomic E-state index is 0.0678. The lowest BCUT2D eigenvalue weighted by molar-refractivity contribution is -0.134. The highest BCUT2D eigenvalue weighted by atomic mass is 16.4. The van der Waals surface area contributed by atoms with Gasteiger partial charge in [-0.3, -0.25) is 14.9 Å². The number of carbonyl (C=O) groups excluding carboxylic acids is 2. The molecule has 0 bridgehead atoms. The maximum atomic E-state index is 10.7. The molecule has 2 amide bonds. The molecule has 0 spiro atoms. The number of guanidine groups is 1. The molecule has 0 unspecified atom stereocenters. The molecule has 0 aliphatic carbocycles. The highest BCUT2D eigenvalue weighted by Gasteiger charge is 2.23. The molecular weight excluding hydrogens is 164 g/mol. The second-order valence-electron chi connectivity index (χ2n) is 2.29. The Balaban J connectivity index is 2.67. The summed E-state index contributed by atoms with van der Waals surface area (Å²) in [6, 6.07) is 0. The molecule has 1 rings (SSSR count). The number of nitrogens with zero attached hydrogens (tertiary/aromatic N) is 2. The van der Waals surface area contributed by atoms with E-state index < -0.39 is 11.8 Å². The van der Waals surface area contributed by atoms with Crippen LogP contribution in [0.25, 0.3) is 0 Å². The SMILES string of the molecule is NC(=NO)N1CC(=O)NC(=O)C1. The molecule has 0 saturated carbocycles. The predicted molar refractivity (Wildman–Crippen MR) is 38.1 cm³/mol. The maximum Gasteiger partial charge on any atom is 0.246 e. The van der Waals surface area contributed by atoms with Crippen LogP contribution >= 0.6 is 0 Å². The zero-order valence-electron chi connectivity index (χ0n) is 6.15. The molecule has 0 aromatic rings. The van der Waals surface area contributed by atoms with Crippen LogP contribution in [0.5, 0.6) is 0 Å². The van der Waals surface area contributed by atoms with Crippen molar-refractivity contribution in [1.29, 1.82) is 0 Å². The van der Waals surface area contributed by atoms with Crippen LogP contribution in [0.1, 0.15) is 0 Å². The Morgan fingerprint density at radius 3 is 2.42 bits per heavy atom. The van der Waals surface area contributed by atoms with Gasteiger partial charge in [-0.15, -0.1) is 0 Å². The topological polar surface area (TPSA) is 108 Å². The Labute approximate surface area is 67.8 Å². The number of amides is 2. The Bertz CT molecular complexity index is 233. The van der Waals surface area contributed by atoms with Crippen LogP contribution in [0.3, 0.4) is 0 Å². The molecule has 7 heteroatoms. The van der Waals surface area contributed by atoms with Crippen LogP contribution in [0.15, 0.2) is 5.16 Å². The molecule has 0 aromatic heterocycles. The molecule has 7 nitrogen and oxygen atoms in total. The van der Waals surface area contributed by atoms with Gasteiger partial charge in [0.25, 0.3) is 0 Å². The summed E-state index contributed by atoms with van der Waals surface area (Å²) in [6.45, 7) is -0.136. The molecule has 1 saturated heterocycles. The first kappa shape index (κ1) is 8.31. The maximum absolute atomic E-state index is 10.7. The van der Waals surface area contributed by atoms with Crippen LogP contribution in [0.4, 0.5) is 0 Å². The lowest BCUT2D eigenvalue weighted by Gasteiger charge is -2.24. The van der Waals surface area contributed by atoms with Gasteiger partial charge in [-0.05, 0) is 0 Å². The molecule has 0 radical (unpaired) electrons. The van der Waals surface area contributed by atoms with Crippen LogP contribution in [-0.2, 0) is 9.59 Å². The smallest absolute Gasteiger partial charge is 0.246 e. The van der Waals surface area contributed by atoms with E-state index in [0.29, 0.717) is 0 Å². The number of carbonyl (C=O) groups is 2.